The third-order valence-electron chi connectivity index (χ3n) is 2.41. The number of alkyl halides is 1. The molecule has 0 aliphatic carbocycles. The summed E-state index contributed by atoms with van der Waals surface area (Å²) in [5, 5.41) is -0.497. The average molecular weight is 240 g/mol. The standard InChI is InChI=1S/C13H18ClNO/c1-9(2)15(13(16)11(4)14)12-7-5-10(3)6-8-12/h5-9,11H,1-4H3. The molecule has 0 N–H and O–H groups in total. The Hall–Kier alpha value is -1.02. The van der Waals surface area contributed by atoms with Crippen molar-refractivity contribution >= 4 is 23.2 Å². The number of carbonyl (C=O) groups is 1. The molecule has 0 heterocycles. The number of aryl methyl sites for hydroxylation is 1. The van der Waals surface area contributed by atoms with E-state index < -0.39 is 5.38 Å². The second-order valence-corrected chi connectivity index (χ2v) is 4.91. The largest absolute Gasteiger partial charge is 0.309 e. The van der Waals surface area contributed by atoms with Crippen LogP contribution in [0.25, 0.3) is 0 Å². The van der Waals surface area contributed by atoms with Gasteiger partial charge in [-0.15, -0.1) is 11.6 Å². The summed E-state index contributed by atoms with van der Waals surface area (Å²) in [6, 6.07) is 8.00. The Labute approximate surface area is 102 Å². The van der Waals surface area contributed by atoms with E-state index in [-0.39, 0.29) is 11.9 Å². The van der Waals surface area contributed by atoms with Gasteiger partial charge in [0.05, 0.1) is 0 Å². The lowest BCUT2D eigenvalue weighted by atomic mass is 10.2. The number of anilines is 1. The molecule has 1 atom stereocenters. The summed E-state index contributed by atoms with van der Waals surface area (Å²) in [5.74, 6) is -0.0551. The number of rotatable bonds is 3. The molecule has 1 unspecified atom stereocenters. The predicted molar refractivity (Wildman–Crippen MR) is 69.1 cm³/mol. The highest BCUT2D eigenvalue weighted by atomic mass is 35.5. The number of hydrogen-bond acceptors (Lipinski definition) is 1. The van der Waals surface area contributed by atoms with Crippen molar-refractivity contribution in [2.45, 2.75) is 39.1 Å². The molecule has 0 saturated carbocycles. The fourth-order valence-corrected chi connectivity index (χ4v) is 1.68. The van der Waals surface area contributed by atoms with Crippen molar-refractivity contribution < 1.29 is 4.79 Å². The van der Waals surface area contributed by atoms with E-state index in [1.54, 1.807) is 11.8 Å². The zero-order chi connectivity index (χ0) is 12.3. The van der Waals surface area contributed by atoms with Crippen molar-refractivity contribution in [1.29, 1.82) is 0 Å². The molecule has 3 heteroatoms. The van der Waals surface area contributed by atoms with Crippen molar-refractivity contribution in [3.8, 4) is 0 Å². The summed E-state index contributed by atoms with van der Waals surface area (Å²) >= 11 is 5.86. The van der Waals surface area contributed by atoms with Gasteiger partial charge in [0, 0.05) is 11.7 Å². The van der Waals surface area contributed by atoms with Gasteiger partial charge in [-0.05, 0) is 39.8 Å². The molecule has 16 heavy (non-hydrogen) atoms. The average Bonchev–Trinajstić information content (AvgIpc) is 2.20. The molecule has 88 valence electrons. The number of amides is 1. The van der Waals surface area contributed by atoms with E-state index >= 15 is 0 Å². The second-order valence-electron chi connectivity index (χ2n) is 4.25. The van der Waals surface area contributed by atoms with Crippen molar-refractivity contribution in [2.75, 3.05) is 4.90 Å². The Kier molecular flexibility index (Phi) is 4.36. The third-order valence-corrected chi connectivity index (χ3v) is 2.59. The minimum absolute atomic E-state index is 0.0551. The maximum Gasteiger partial charge on any atom is 0.244 e. The van der Waals surface area contributed by atoms with Gasteiger partial charge in [0.1, 0.15) is 5.38 Å². The zero-order valence-corrected chi connectivity index (χ0v) is 11.0. The van der Waals surface area contributed by atoms with Crippen LogP contribution >= 0.6 is 11.6 Å². The van der Waals surface area contributed by atoms with Gasteiger partial charge in [0.2, 0.25) is 5.91 Å². The van der Waals surface area contributed by atoms with E-state index in [1.807, 2.05) is 45.0 Å². The molecule has 0 fully saturated rings. The van der Waals surface area contributed by atoms with Crippen LogP contribution in [0.3, 0.4) is 0 Å². The summed E-state index contributed by atoms with van der Waals surface area (Å²) in [4.78, 5) is 13.7. The number of nitrogens with zero attached hydrogens (tertiary/aromatic N) is 1. The first-order chi connectivity index (χ1) is 7.43. The van der Waals surface area contributed by atoms with Crippen LogP contribution in [0.4, 0.5) is 5.69 Å². The molecule has 1 rings (SSSR count). The van der Waals surface area contributed by atoms with Gasteiger partial charge in [0.15, 0.2) is 0 Å². The van der Waals surface area contributed by atoms with Crippen molar-refractivity contribution in [3.63, 3.8) is 0 Å². The second kappa shape index (κ2) is 5.35. The van der Waals surface area contributed by atoms with E-state index in [4.69, 9.17) is 11.6 Å². The lowest BCUT2D eigenvalue weighted by Gasteiger charge is -2.28. The van der Waals surface area contributed by atoms with Gasteiger partial charge in [-0.3, -0.25) is 4.79 Å². The molecular weight excluding hydrogens is 222 g/mol. The van der Waals surface area contributed by atoms with Gasteiger partial charge >= 0.3 is 0 Å². The fourth-order valence-electron chi connectivity index (χ4n) is 1.58. The van der Waals surface area contributed by atoms with Gasteiger partial charge in [-0.25, -0.2) is 0 Å². The Morgan fingerprint density at radius 2 is 1.69 bits per heavy atom. The van der Waals surface area contributed by atoms with Crippen LogP contribution in [0.2, 0.25) is 0 Å². The highest BCUT2D eigenvalue weighted by molar-refractivity contribution is 6.32. The van der Waals surface area contributed by atoms with Gasteiger partial charge in [-0.2, -0.15) is 0 Å². The molecule has 2 nitrogen and oxygen atoms in total. The van der Waals surface area contributed by atoms with Crippen LogP contribution < -0.4 is 4.90 Å². The van der Waals surface area contributed by atoms with Gasteiger partial charge in [-0.1, -0.05) is 17.7 Å². The minimum Gasteiger partial charge on any atom is -0.309 e. The molecule has 1 aromatic rings. The van der Waals surface area contributed by atoms with Crippen molar-refractivity contribution in [1.82, 2.24) is 0 Å². The minimum atomic E-state index is -0.497. The topological polar surface area (TPSA) is 20.3 Å². The number of halogens is 1. The Balaban J connectivity index is 3.03. The summed E-state index contributed by atoms with van der Waals surface area (Å²) in [7, 11) is 0. The lowest BCUT2D eigenvalue weighted by Crippen LogP contribution is -2.40. The zero-order valence-electron chi connectivity index (χ0n) is 10.2. The van der Waals surface area contributed by atoms with Crippen LogP contribution in [-0.2, 0) is 4.79 Å². The normalized spacial score (nSPS) is 12.6. The molecule has 1 aromatic carbocycles. The lowest BCUT2D eigenvalue weighted by molar-refractivity contribution is -0.118. The maximum absolute atomic E-state index is 12.0. The number of hydrogen-bond donors (Lipinski definition) is 0. The molecular formula is C13H18ClNO. The number of benzene rings is 1. The molecule has 1 amide bonds. The first-order valence-corrected chi connectivity index (χ1v) is 5.91. The first-order valence-electron chi connectivity index (χ1n) is 5.47. The SMILES string of the molecule is Cc1ccc(N(C(=O)C(C)Cl)C(C)C)cc1. The summed E-state index contributed by atoms with van der Waals surface area (Å²) < 4.78 is 0. The Bertz CT molecular complexity index is 357. The van der Waals surface area contributed by atoms with E-state index in [9.17, 15) is 4.79 Å². The van der Waals surface area contributed by atoms with Crippen molar-refractivity contribution in [2.24, 2.45) is 0 Å². The molecule has 0 bridgehead atoms. The van der Waals surface area contributed by atoms with Gasteiger partial charge in [0.25, 0.3) is 0 Å². The smallest absolute Gasteiger partial charge is 0.244 e. The summed E-state index contributed by atoms with van der Waals surface area (Å²) in [6.07, 6.45) is 0. The summed E-state index contributed by atoms with van der Waals surface area (Å²) in [6.45, 7) is 7.69. The Morgan fingerprint density at radius 3 is 2.06 bits per heavy atom. The van der Waals surface area contributed by atoms with E-state index in [2.05, 4.69) is 0 Å². The molecule has 0 aromatic heterocycles. The first kappa shape index (κ1) is 13.0. The highest BCUT2D eigenvalue weighted by Crippen LogP contribution is 2.20. The monoisotopic (exact) mass is 239 g/mol. The fraction of sp³-hybridized carbons (Fsp3) is 0.462. The van der Waals surface area contributed by atoms with Crippen LogP contribution in [-0.4, -0.2) is 17.3 Å². The molecule has 0 radical (unpaired) electrons. The summed E-state index contributed by atoms with van der Waals surface area (Å²) in [5.41, 5.74) is 2.08. The van der Waals surface area contributed by atoms with Gasteiger partial charge < -0.3 is 4.90 Å². The van der Waals surface area contributed by atoms with Crippen LogP contribution in [0, 0.1) is 6.92 Å². The molecule has 0 saturated heterocycles. The van der Waals surface area contributed by atoms with E-state index in [1.165, 1.54) is 5.56 Å². The molecule has 0 spiro atoms. The van der Waals surface area contributed by atoms with Crippen LogP contribution in [0.1, 0.15) is 26.3 Å². The van der Waals surface area contributed by atoms with Crippen LogP contribution in [0.5, 0.6) is 0 Å². The third kappa shape index (κ3) is 2.99. The predicted octanol–water partition coefficient (Wildman–Crippen LogP) is 3.36. The maximum atomic E-state index is 12.0. The Morgan fingerprint density at radius 1 is 1.19 bits per heavy atom. The molecule has 0 aliphatic heterocycles. The quantitative estimate of drug-likeness (QED) is 0.741. The van der Waals surface area contributed by atoms with E-state index in [0.717, 1.165) is 5.69 Å². The van der Waals surface area contributed by atoms with Crippen LogP contribution in [0.15, 0.2) is 24.3 Å². The highest BCUT2D eigenvalue weighted by Gasteiger charge is 2.22. The van der Waals surface area contributed by atoms with E-state index in [0.29, 0.717) is 0 Å². The molecule has 0 aliphatic rings. The van der Waals surface area contributed by atoms with Crippen molar-refractivity contribution in [3.05, 3.63) is 29.8 Å². The number of carbonyl (C=O) groups excluding carboxylic acids is 1.